The van der Waals surface area contributed by atoms with E-state index in [0.29, 0.717) is 30.8 Å². The van der Waals surface area contributed by atoms with Gasteiger partial charge in [-0.1, -0.05) is 26.2 Å². The van der Waals surface area contributed by atoms with Crippen molar-refractivity contribution in [3.05, 3.63) is 39.7 Å². The number of benzene rings is 1. The summed E-state index contributed by atoms with van der Waals surface area (Å²) in [4.78, 5) is 27.1. The van der Waals surface area contributed by atoms with Crippen molar-refractivity contribution < 1.29 is 19.1 Å². The first-order chi connectivity index (χ1) is 15.3. The number of carbonyl (C=O) groups is 1. The number of amides is 1. The first-order valence-electron chi connectivity index (χ1n) is 12.1. The standard InChI is InChI=1S/C26H35NO5/c1-4-5-8-19-15-23(28)32-24-17(2)22(11-10-21(19)24)31-18(3)25(29)27-14-13-26(30)12-7-6-9-20(26)16-27/h10-11,15,18,20,30H,4-9,12-14,16H2,1-3H3/t18-,20-,26-/m1/s1. The number of fused-ring (bicyclic) bond motifs is 2. The van der Waals surface area contributed by atoms with E-state index >= 15 is 0 Å². The van der Waals surface area contributed by atoms with Crippen molar-refractivity contribution in [3.63, 3.8) is 0 Å². The molecule has 2 heterocycles. The Morgan fingerprint density at radius 3 is 2.94 bits per heavy atom. The Hall–Kier alpha value is -2.34. The molecule has 6 nitrogen and oxygen atoms in total. The topological polar surface area (TPSA) is 80.0 Å². The average Bonchev–Trinajstić information content (AvgIpc) is 2.78. The molecule has 0 spiro atoms. The van der Waals surface area contributed by atoms with Crippen LogP contribution in [-0.4, -0.2) is 40.7 Å². The highest BCUT2D eigenvalue weighted by Crippen LogP contribution is 2.40. The Morgan fingerprint density at radius 2 is 2.16 bits per heavy atom. The van der Waals surface area contributed by atoms with Gasteiger partial charge in [0.1, 0.15) is 11.3 Å². The van der Waals surface area contributed by atoms with Crippen LogP contribution in [-0.2, 0) is 11.2 Å². The molecule has 4 rings (SSSR count). The number of rotatable bonds is 6. The molecule has 1 aromatic carbocycles. The molecule has 0 radical (unpaired) electrons. The van der Waals surface area contributed by atoms with Crippen molar-refractivity contribution in [2.75, 3.05) is 13.1 Å². The van der Waals surface area contributed by atoms with E-state index in [1.165, 1.54) is 0 Å². The van der Waals surface area contributed by atoms with Crippen LogP contribution in [0.2, 0.25) is 0 Å². The Labute approximate surface area is 189 Å². The van der Waals surface area contributed by atoms with Crippen molar-refractivity contribution in [1.29, 1.82) is 0 Å². The molecule has 0 bridgehead atoms. The Bertz CT molecular complexity index is 1040. The van der Waals surface area contributed by atoms with E-state index in [-0.39, 0.29) is 17.5 Å². The molecule has 6 heteroatoms. The molecule has 3 atom stereocenters. The average molecular weight is 442 g/mol. The Balaban J connectivity index is 1.51. The quantitative estimate of drug-likeness (QED) is 0.674. The summed E-state index contributed by atoms with van der Waals surface area (Å²) < 4.78 is 11.6. The highest BCUT2D eigenvalue weighted by molar-refractivity contribution is 5.85. The molecule has 2 fully saturated rings. The summed E-state index contributed by atoms with van der Waals surface area (Å²) in [5.74, 6) is 0.648. The van der Waals surface area contributed by atoms with Crippen LogP contribution in [0, 0.1) is 12.8 Å². The van der Waals surface area contributed by atoms with Gasteiger partial charge in [-0.3, -0.25) is 4.79 Å². The van der Waals surface area contributed by atoms with Gasteiger partial charge in [-0.25, -0.2) is 4.79 Å². The lowest BCUT2D eigenvalue weighted by atomic mass is 9.71. The molecular weight excluding hydrogens is 406 g/mol. The SMILES string of the molecule is CCCCc1cc(=O)oc2c(C)c(O[C@H](C)C(=O)N3CC[C@]4(O)CCCC[C@@H]4C3)ccc12. The lowest BCUT2D eigenvalue weighted by Crippen LogP contribution is -2.56. The number of hydrogen-bond donors (Lipinski definition) is 1. The number of carbonyl (C=O) groups excluding carboxylic acids is 1. The lowest BCUT2D eigenvalue weighted by Gasteiger charge is -2.47. The van der Waals surface area contributed by atoms with Crippen molar-refractivity contribution in [2.24, 2.45) is 5.92 Å². The maximum atomic E-state index is 13.1. The summed E-state index contributed by atoms with van der Waals surface area (Å²) in [5, 5.41) is 11.8. The zero-order valence-corrected chi connectivity index (χ0v) is 19.5. The van der Waals surface area contributed by atoms with Crippen LogP contribution < -0.4 is 10.4 Å². The number of unbranched alkanes of at least 4 members (excludes halogenated alkanes) is 1. The zero-order valence-electron chi connectivity index (χ0n) is 19.5. The molecule has 1 saturated carbocycles. The third-order valence-corrected chi connectivity index (χ3v) is 7.39. The van der Waals surface area contributed by atoms with Gasteiger partial charge >= 0.3 is 5.63 Å². The van der Waals surface area contributed by atoms with Crippen LogP contribution in [0.4, 0.5) is 0 Å². The highest BCUT2D eigenvalue weighted by atomic mass is 16.5. The maximum Gasteiger partial charge on any atom is 0.336 e. The molecule has 2 aromatic rings. The molecule has 1 saturated heterocycles. The first-order valence-corrected chi connectivity index (χ1v) is 12.1. The van der Waals surface area contributed by atoms with Gasteiger partial charge in [0, 0.05) is 36.0 Å². The number of aliphatic hydroxyl groups is 1. The van der Waals surface area contributed by atoms with E-state index in [1.807, 2.05) is 24.0 Å². The fourth-order valence-corrected chi connectivity index (χ4v) is 5.38. The van der Waals surface area contributed by atoms with Gasteiger partial charge in [0.15, 0.2) is 6.10 Å². The van der Waals surface area contributed by atoms with Crippen molar-refractivity contribution in [1.82, 2.24) is 4.90 Å². The summed E-state index contributed by atoms with van der Waals surface area (Å²) in [6.07, 6.45) is 6.86. The van der Waals surface area contributed by atoms with Gasteiger partial charge in [-0.15, -0.1) is 0 Å². The summed E-state index contributed by atoms with van der Waals surface area (Å²) in [6, 6.07) is 5.37. The van der Waals surface area contributed by atoms with Gasteiger partial charge < -0.3 is 19.2 Å². The minimum Gasteiger partial charge on any atom is -0.480 e. The number of aryl methyl sites for hydroxylation is 2. The molecular formula is C26H35NO5. The second kappa shape index (κ2) is 9.26. The van der Waals surface area contributed by atoms with Crippen LogP contribution in [0.1, 0.15) is 69.9 Å². The van der Waals surface area contributed by atoms with E-state index in [9.17, 15) is 14.7 Å². The molecule has 1 amide bonds. The second-order valence-corrected chi connectivity index (χ2v) is 9.60. The number of likely N-dealkylation sites (tertiary alicyclic amines) is 1. The minimum atomic E-state index is -0.657. The Morgan fingerprint density at radius 1 is 1.34 bits per heavy atom. The van der Waals surface area contributed by atoms with Gasteiger partial charge in [-0.05, 0) is 63.6 Å². The first kappa shape index (κ1) is 22.8. The summed E-state index contributed by atoms with van der Waals surface area (Å²) in [5.41, 5.74) is 1.29. The van der Waals surface area contributed by atoms with Gasteiger partial charge in [-0.2, -0.15) is 0 Å². The van der Waals surface area contributed by atoms with Crippen LogP contribution in [0.3, 0.4) is 0 Å². The number of nitrogens with zero attached hydrogens (tertiary/aromatic N) is 1. The van der Waals surface area contributed by atoms with Gasteiger partial charge in [0.2, 0.25) is 0 Å². The maximum absolute atomic E-state index is 13.1. The molecule has 174 valence electrons. The highest BCUT2D eigenvalue weighted by Gasteiger charge is 2.44. The van der Waals surface area contributed by atoms with E-state index in [2.05, 4.69) is 6.92 Å². The summed E-state index contributed by atoms with van der Waals surface area (Å²) in [7, 11) is 0. The van der Waals surface area contributed by atoms with Crippen molar-refractivity contribution >= 4 is 16.9 Å². The number of ether oxygens (including phenoxy) is 1. The molecule has 2 aliphatic rings. The zero-order chi connectivity index (χ0) is 22.9. The van der Waals surface area contributed by atoms with Crippen LogP contribution in [0.15, 0.2) is 27.4 Å². The van der Waals surface area contributed by atoms with Crippen molar-refractivity contribution in [3.8, 4) is 5.75 Å². The van der Waals surface area contributed by atoms with Crippen LogP contribution >= 0.6 is 0 Å². The third-order valence-electron chi connectivity index (χ3n) is 7.39. The van der Waals surface area contributed by atoms with Crippen molar-refractivity contribution in [2.45, 2.75) is 83.8 Å². The predicted octanol–water partition coefficient (Wildman–Crippen LogP) is 4.36. The molecule has 1 aliphatic heterocycles. The molecule has 0 unspecified atom stereocenters. The van der Waals surface area contributed by atoms with E-state index in [4.69, 9.17) is 9.15 Å². The predicted molar refractivity (Wildman–Crippen MR) is 124 cm³/mol. The molecule has 1 N–H and O–H groups in total. The summed E-state index contributed by atoms with van der Waals surface area (Å²) in [6.45, 7) is 6.91. The molecule has 1 aromatic heterocycles. The third kappa shape index (κ3) is 4.42. The fourth-order valence-electron chi connectivity index (χ4n) is 5.38. The lowest BCUT2D eigenvalue weighted by molar-refractivity contribution is -0.149. The largest absolute Gasteiger partial charge is 0.480 e. The van der Waals surface area contributed by atoms with Gasteiger partial charge in [0.05, 0.1) is 5.60 Å². The van der Waals surface area contributed by atoms with E-state index < -0.39 is 11.7 Å². The summed E-state index contributed by atoms with van der Waals surface area (Å²) >= 11 is 0. The molecule has 1 aliphatic carbocycles. The monoisotopic (exact) mass is 441 g/mol. The van der Waals surface area contributed by atoms with Crippen LogP contribution in [0.5, 0.6) is 5.75 Å². The number of hydrogen-bond acceptors (Lipinski definition) is 5. The van der Waals surface area contributed by atoms with E-state index in [1.54, 1.807) is 13.0 Å². The Kier molecular flexibility index (Phi) is 6.61. The second-order valence-electron chi connectivity index (χ2n) is 9.60. The smallest absolute Gasteiger partial charge is 0.336 e. The van der Waals surface area contributed by atoms with Gasteiger partial charge in [0.25, 0.3) is 5.91 Å². The normalized spacial score (nSPS) is 24.2. The van der Waals surface area contributed by atoms with Crippen LogP contribution in [0.25, 0.3) is 11.0 Å². The van der Waals surface area contributed by atoms with E-state index in [0.717, 1.165) is 61.5 Å². The minimum absolute atomic E-state index is 0.0599. The number of piperidine rings is 1. The molecule has 32 heavy (non-hydrogen) atoms. The fraction of sp³-hybridized carbons (Fsp3) is 0.615.